The monoisotopic (exact) mass is 386 g/mol. The second-order valence-electron chi connectivity index (χ2n) is 5.93. The van der Waals surface area contributed by atoms with E-state index in [1.807, 2.05) is 31.2 Å². The number of anilines is 2. The van der Waals surface area contributed by atoms with Crippen LogP contribution in [0, 0.1) is 6.92 Å². The normalized spacial score (nSPS) is 10.5. The van der Waals surface area contributed by atoms with Crippen LogP contribution in [0.15, 0.2) is 42.5 Å². The number of ether oxygens (including phenoxy) is 1. The summed E-state index contributed by atoms with van der Waals surface area (Å²) in [5.74, 6) is 0.823. The van der Waals surface area contributed by atoms with Crippen LogP contribution in [0.1, 0.15) is 11.1 Å². The fraction of sp³-hybridized carbons (Fsp3) is 0.222. The number of carbonyl (C=O) groups is 1. The lowest BCUT2D eigenvalue weighted by molar-refractivity contribution is -0.118. The van der Waals surface area contributed by atoms with Gasteiger partial charge in [0.25, 0.3) is 5.91 Å². The minimum absolute atomic E-state index is 0.117. The topological polar surface area (TPSA) is 94.0 Å². The zero-order valence-electron chi connectivity index (χ0n) is 14.9. The summed E-state index contributed by atoms with van der Waals surface area (Å²) in [5, 5.41) is 17.7. The van der Waals surface area contributed by atoms with Crippen molar-refractivity contribution in [3.05, 3.63) is 58.6 Å². The van der Waals surface area contributed by atoms with E-state index in [0.29, 0.717) is 23.3 Å². The quantitative estimate of drug-likeness (QED) is 0.648. The van der Waals surface area contributed by atoms with Crippen molar-refractivity contribution >= 4 is 29.1 Å². The molecule has 0 aliphatic carbocycles. The molecule has 0 saturated carbocycles. The maximum atomic E-state index is 12.1. The molecule has 8 nitrogen and oxygen atoms in total. The zero-order chi connectivity index (χ0) is 19.2. The van der Waals surface area contributed by atoms with Gasteiger partial charge in [0, 0.05) is 29.9 Å². The summed E-state index contributed by atoms with van der Waals surface area (Å²) in [7, 11) is 1.73. The Kier molecular flexibility index (Phi) is 5.87. The molecule has 0 radical (unpaired) electrons. The number of hydrogen-bond acceptors (Lipinski definition) is 6. The van der Waals surface area contributed by atoms with Crippen molar-refractivity contribution in [2.45, 2.75) is 13.5 Å². The number of aromatic nitrogens is 4. The van der Waals surface area contributed by atoms with Gasteiger partial charge in [-0.15, -0.1) is 0 Å². The van der Waals surface area contributed by atoms with Gasteiger partial charge in [0.1, 0.15) is 5.75 Å². The van der Waals surface area contributed by atoms with Gasteiger partial charge in [0.2, 0.25) is 5.95 Å². The molecule has 27 heavy (non-hydrogen) atoms. The van der Waals surface area contributed by atoms with Crippen molar-refractivity contribution in [1.29, 1.82) is 0 Å². The van der Waals surface area contributed by atoms with Gasteiger partial charge in [0.05, 0.1) is 0 Å². The van der Waals surface area contributed by atoms with Gasteiger partial charge in [-0.1, -0.05) is 34.4 Å². The van der Waals surface area contributed by atoms with E-state index in [4.69, 9.17) is 16.3 Å². The van der Waals surface area contributed by atoms with E-state index in [2.05, 4.69) is 26.2 Å². The Morgan fingerprint density at radius 3 is 2.70 bits per heavy atom. The first-order valence-electron chi connectivity index (χ1n) is 8.25. The van der Waals surface area contributed by atoms with Crippen LogP contribution >= 0.6 is 11.6 Å². The lowest BCUT2D eigenvalue weighted by Gasteiger charge is -2.13. The summed E-state index contributed by atoms with van der Waals surface area (Å²) in [6.07, 6.45) is 0. The molecule has 0 fully saturated rings. The molecule has 1 heterocycles. The highest BCUT2D eigenvalue weighted by molar-refractivity contribution is 6.30. The van der Waals surface area contributed by atoms with Crippen LogP contribution in [0.2, 0.25) is 5.02 Å². The van der Waals surface area contributed by atoms with E-state index in [1.165, 1.54) is 4.68 Å². The lowest BCUT2D eigenvalue weighted by atomic mass is 10.2. The number of hydrogen-bond donors (Lipinski definition) is 2. The van der Waals surface area contributed by atoms with E-state index in [-0.39, 0.29) is 12.5 Å². The lowest BCUT2D eigenvalue weighted by Crippen LogP contribution is -2.20. The fourth-order valence-electron chi connectivity index (χ4n) is 2.36. The average molecular weight is 387 g/mol. The maximum Gasteiger partial charge on any atom is 0.262 e. The predicted octanol–water partition coefficient (Wildman–Crippen LogP) is 2.80. The highest BCUT2D eigenvalue weighted by Gasteiger charge is 2.10. The molecule has 9 heteroatoms. The van der Waals surface area contributed by atoms with Gasteiger partial charge >= 0.3 is 0 Å². The van der Waals surface area contributed by atoms with E-state index in [0.717, 1.165) is 16.8 Å². The van der Waals surface area contributed by atoms with Gasteiger partial charge < -0.3 is 15.4 Å². The Morgan fingerprint density at radius 2 is 2.00 bits per heavy atom. The number of nitrogens with zero attached hydrogens (tertiary/aromatic N) is 4. The summed E-state index contributed by atoms with van der Waals surface area (Å²) < 4.78 is 7.19. The third-order valence-electron chi connectivity index (χ3n) is 3.77. The van der Waals surface area contributed by atoms with Crippen LogP contribution in [0.3, 0.4) is 0 Å². The molecule has 0 saturated heterocycles. The Morgan fingerprint density at radius 1 is 1.22 bits per heavy atom. The van der Waals surface area contributed by atoms with E-state index >= 15 is 0 Å². The van der Waals surface area contributed by atoms with Crippen molar-refractivity contribution in [1.82, 2.24) is 20.2 Å². The highest BCUT2D eigenvalue weighted by atomic mass is 35.5. The average Bonchev–Trinajstić information content (AvgIpc) is 3.06. The minimum atomic E-state index is -0.245. The van der Waals surface area contributed by atoms with Crippen molar-refractivity contribution in [3.63, 3.8) is 0 Å². The molecular formula is C18H19ClN6O2. The largest absolute Gasteiger partial charge is 0.483 e. The molecule has 0 aliphatic heterocycles. The van der Waals surface area contributed by atoms with Gasteiger partial charge in [-0.2, -0.15) is 0 Å². The molecule has 0 unspecified atom stereocenters. The zero-order valence-corrected chi connectivity index (χ0v) is 15.7. The van der Waals surface area contributed by atoms with E-state index in [9.17, 15) is 4.79 Å². The molecule has 0 spiro atoms. The number of benzene rings is 2. The first-order valence-corrected chi connectivity index (χ1v) is 8.63. The molecule has 2 aromatic carbocycles. The van der Waals surface area contributed by atoms with Crippen molar-refractivity contribution in [2.75, 3.05) is 17.2 Å². The van der Waals surface area contributed by atoms with Crippen molar-refractivity contribution < 1.29 is 9.53 Å². The van der Waals surface area contributed by atoms with E-state index < -0.39 is 0 Å². The third kappa shape index (κ3) is 5.18. The van der Waals surface area contributed by atoms with Crippen LogP contribution in [0.4, 0.5) is 11.6 Å². The van der Waals surface area contributed by atoms with Gasteiger partial charge in [-0.3, -0.25) is 4.79 Å². The van der Waals surface area contributed by atoms with Crippen LogP contribution in [-0.4, -0.2) is 32.7 Å². The van der Waals surface area contributed by atoms with E-state index in [1.54, 1.807) is 25.2 Å². The first kappa shape index (κ1) is 18.7. The Balaban J connectivity index is 1.61. The number of tetrazole rings is 1. The van der Waals surface area contributed by atoms with Crippen molar-refractivity contribution in [3.8, 4) is 5.75 Å². The van der Waals surface area contributed by atoms with Gasteiger partial charge in [-0.05, 0) is 47.7 Å². The van der Waals surface area contributed by atoms with Crippen LogP contribution in [0.5, 0.6) is 5.75 Å². The second-order valence-corrected chi connectivity index (χ2v) is 6.37. The molecule has 1 aromatic heterocycles. The molecule has 0 atom stereocenters. The summed E-state index contributed by atoms with van der Waals surface area (Å²) in [6.45, 7) is 2.26. The van der Waals surface area contributed by atoms with Crippen LogP contribution in [-0.2, 0) is 18.4 Å². The number of halogens is 1. The third-order valence-corrected chi connectivity index (χ3v) is 4.01. The molecule has 0 bridgehead atoms. The number of aryl methyl sites for hydroxylation is 2. The molecule has 3 rings (SSSR count). The summed E-state index contributed by atoms with van der Waals surface area (Å²) >= 11 is 6.08. The fourth-order valence-corrected chi connectivity index (χ4v) is 2.55. The van der Waals surface area contributed by atoms with Crippen LogP contribution < -0.4 is 15.4 Å². The van der Waals surface area contributed by atoms with Crippen LogP contribution in [0.25, 0.3) is 0 Å². The number of amides is 1. The summed E-state index contributed by atoms with van der Waals surface area (Å²) in [5.41, 5.74) is 2.64. The Labute approximate surface area is 161 Å². The molecule has 1 amide bonds. The molecule has 3 aromatic rings. The predicted molar refractivity (Wildman–Crippen MR) is 103 cm³/mol. The minimum Gasteiger partial charge on any atom is -0.483 e. The van der Waals surface area contributed by atoms with Gasteiger partial charge in [0.15, 0.2) is 6.61 Å². The molecule has 140 valence electrons. The second kappa shape index (κ2) is 8.50. The SMILES string of the molecule is Cc1ccc(NC(=O)COc2ccc(Cl)cc2CNc2nnnn2C)cc1. The number of carbonyl (C=O) groups excluding carboxylic acids is 1. The first-order chi connectivity index (χ1) is 13.0. The maximum absolute atomic E-state index is 12.1. The number of rotatable bonds is 7. The standard InChI is InChI=1S/C18H19ClN6O2/c1-12-3-6-15(7-4-12)21-17(26)11-27-16-8-5-14(19)9-13(16)10-20-18-22-23-24-25(18)2/h3-9H,10-11H2,1-2H3,(H,21,26)(H,20,22,24). The summed E-state index contributed by atoms with van der Waals surface area (Å²) in [6, 6.07) is 12.8. The smallest absolute Gasteiger partial charge is 0.262 e. The van der Waals surface area contributed by atoms with Crippen molar-refractivity contribution in [2.24, 2.45) is 7.05 Å². The molecule has 0 aliphatic rings. The highest BCUT2D eigenvalue weighted by Crippen LogP contribution is 2.24. The summed E-state index contributed by atoms with van der Waals surface area (Å²) in [4.78, 5) is 12.1. The molecule has 2 N–H and O–H groups in total. The Hall–Kier alpha value is -3.13. The molecular weight excluding hydrogens is 368 g/mol. The Bertz CT molecular complexity index is 926. The van der Waals surface area contributed by atoms with Gasteiger partial charge in [-0.25, -0.2) is 4.68 Å². The number of nitrogens with one attached hydrogen (secondary N) is 2.